The molecule has 170 valence electrons. The van der Waals surface area contributed by atoms with Crippen LogP contribution in [0.25, 0.3) is 21.9 Å². The second-order valence-electron chi connectivity index (χ2n) is 7.66. The molecule has 0 radical (unpaired) electrons. The zero-order chi connectivity index (χ0) is 22.8. The lowest BCUT2D eigenvalue weighted by Gasteiger charge is -2.26. The average Bonchev–Trinajstić information content (AvgIpc) is 3.33. The van der Waals surface area contributed by atoms with Gasteiger partial charge in [0, 0.05) is 13.1 Å². The number of amides is 1. The summed E-state index contributed by atoms with van der Waals surface area (Å²) in [7, 11) is 0. The number of hydrogen-bond acceptors (Lipinski definition) is 8. The van der Waals surface area contributed by atoms with E-state index in [9.17, 15) is 4.79 Å². The van der Waals surface area contributed by atoms with E-state index in [0.717, 1.165) is 5.39 Å². The van der Waals surface area contributed by atoms with Gasteiger partial charge in [0.1, 0.15) is 11.8 Å². The number of hydrogen-bond donors (Lipinski definition) is 2. The Morgan fingerprint density at radius 1 is 1.30 bits per heavy atom. The molecule has 10 nitrogen and oxygen atoms in total. The first-order valence-electron chi connectivity index (χ1n) is 10.6. The summed E-state index contributed by atoms with van der Waals surface area (Å²) in [6.07, 6.45) is 3.04. The van der Waals surface area contributed by atoms with E-state index < -0.39 is 0 Å². The molecule has 33 heavy (non-hydrogen) atoms. The molecule has 0 aliphatic carbocycles. The van der Waals surface area contributed by atoms with Crippen molar-refractivity contribution in [3.63, 3.8) is 0 Å². The quantitative estimate of drug-likeness (QED) is 0.444. The van der Waals surface area contributed by atoms with Crippen LogP contribution in [0.5, 0.6) is 5.88 Å². The maximum absolute atomic E-state index is 12.6. The summed E-state index contributed by atoms with van der Waals surface area (Å²) in [4.78, 5) is 34.8. The second kappa shape index (κ2) is 9.16. The Bertz CT molecular complexity index is 1310. The Morgan fingerprint density at radius 3 is 3.00 bits per heavy atom. The highest BCUT2D eigenvalue weighted by molar-refractivity contribution is 6.36. The molecule has 11 heteroatoms. The molecule has 4 aromatic rings. The SMILES string of the molecule is C[C@H](Nc1ncnc2[nH]cnc12)c1cc2cccc(Cl)c2c(OCC(=O)N2CCOCC2)n1. The fourth-order valence-corrected chi connectivity index (χ4v) is 4.02. The maximum atomic E-state index is 12.6. The van der Waals surface area contributed by atoms with Crippen LogP contribution in [-0.2, 0) is 9.53 Å². The number of carbonyl (C=O) groups excluding carboxylic acids is 1. The summed E-state index contributed by atoms with van der Waals surface area (Å²) in [5.41, 5.74) is 1.99. The molecule has 4 heterocycles. The van der Waals surface area contributed by atoms with E-state index >= 15 is 0 Å². The third-order valence-corrected chi connectivity index (χ3v) is 5.82. The molecule has 1 saturated heterocycles. The number of nitrogens with one attached hydrogen (secondary N) is 2. The van der Waals surface area contributed by atoms with Crippen molar-refractivity contribution in [2.24, 2.45) is 0 Å². The van der Waals surface area contributed by atoms with Crippen LogP contribution >= 0.6 is 11.6 Å². The first-order chi connectivity index (χ1) is 16.1. The minimum absolute atomic E-state index is 0.112. The number of morpholine rings is 1. The van der Waals surface area contributed by atoms with Crippen molar-refractivity contribution in [3.05, 3.63) is 47.6 Å². The van der Waals surface area contributed by atoms with Crippen molar-refractivity contribution in [1.82, 2.24) is 29.8 Å². The van der Waals surface area contributed by atoms with E-state index in [1.54, 1.807) is 17.3 Å². The fraction of sp³-hybridized carbons (Fsp3) is 0.318. The van der Waals surface area contributed by atoms with E-state index in [1.165, 1.54) is 6.33 Å². The van der Waals surface area contributed by atoms with Crippen LogP contribution in [0.3, 0.4) is 0 Å². The van der Waals surface area contributed by atoms with Crippen LogP contribution in [0.4, 0.5) is 5.82 Å². The van der Waals surface area contributed by atoms with Crippen LogP contribution in [0.2, 0.25) is 5.02 Å². The highest BCUT2D eigenvalue weighted by Crippen LogP contribution is 2.33. The molecule has 0 bridgehead atoms. The molecule has 0 unspecified atom stereocenters. The summed E-state index contributed by atoms with van der Waals surface area (Å²) in [6.45, 7) is 4.01. The molecule has 0 saturated carbocycles. The van der Waals surface area contributed by atoms with Gasteiger partial charge in [0.2, 0.25) is 5.88 Å². The number of nitrogens with zero attached hydrogens (tertiary/aromatic N) is 5. The molecule has 0 spiro atoms. The number of aromatic amines is 1. The summed E-state index contributed by atoms with van der Waals surface area (Å²) >= 11 is 6.46. The van der Waals surface area contributed by atoms with Crippen molar-refractivity contribution in [3.8, 4) is 5.88 Å². The molecule has 3 aromatic heterocycles. The van der Waals surface area contributed by atoms with Gasteiger partial charge in [-0.3, -0.25) is 4.79 Å². The van der Waals surface area contributed by atoms with E-state index in [2.05, 4.69) is 25.3 Å². The van der Waals surface area contributed by atoms with Gasteiger partial charge in [-0.25, -0.2) is 19.9 Å². The van der Waals surface area contributed by atoms with Crippen molar-refractivity contribution in [2.75, 3.05) is 38.2 Å². The van der Waals surface area contributed by atoms with Gasteiger partial charge in [-0.05, 0) is 24.4 Å². The summed E-state index contributed by atoms with van der Waals surface area (Å²) in [5, 5.41) is 5.38. The Balaban J connectivity index is 1.43. The predicted molar refractivity (Wildman–Crippen MR) is 123 cm³/mol. The standard InChI is InChI=1S/C22H22ClN7O3/c1-13(28-21-19-20(25-11-24-19)26-12-27-21)16-9-14-3-2-4-15(23)18(14)22(29-16)33-10-17(31)30-5-7-32-8-6-30/h2-4,9,11-13H,5-8,10H2,1H3,(H2,24,25,26,27,28)/t13-/m0/s1. The number of pyridine rings is 1. The molecule has 1 atom stereocenters. The molecular weight excluding hydrogens is 446 g/mol. The van der Waals surface area contributed by atoms with Gasteiger partial charge in [-0.1, -0.05) is 23.7 Å². The molecule has 1 aliphatic heterocycles. The Kier molecular flexibility index (Phi) is 5.93. The number of carbonyl (C=O) groups is 1. The molecule has 1 aromatic carbocycles. The van der Waals surface area contributed by atoms with Gasteiger partial charge in [0.25, 0.3) is 5.91 Å². The van der Waals surface area contributed by atoms with Crippen LogP contribution in [-0.4, -0.2) is 68.6 Å². The lowest BCUT2D eigenvalue weighted by Crippen LogP contribution is -2.43. The number of rotatable bonds is 6. The minimum atomic E-state index is -0.236. The lowest BCUT2D eigenvalue weighted by atomic mass is 10.1. The van der Waals surface area contributed by atoms with Crippen molar-refractivity contribution in [2.45, 2.75) is 13.0 Å². The highest BCUT2D eigenvalue weighted by Gasteiger charge is 2.20. The van der Waals surface area contributed by atoms with Crippen LogP contribution < -0.4 is 10.1 Å². The van der Waals surface area contributed by atoms with Gasteiger partial charge >= 0.3 is 0 Å². The number of fused-ring (bicyclic) bond motifs is 2. The fourth-order valence-electron chi connectivity index (χ4n) is 3.76. The molecule has 1 aliphatic rings. The van der Waals surface area contributed by atoms with Crippen LogP contribution in [0.15, 0.2) is 36.9 Å². The lowest BCUT2D eigenvalue weighted by molar-refractivity contribution is -0.137. The summed E-state index contributed by atoms with van der Waals surface area (Å²) in [5.74, 6) is 0.793. The number of aromatic nitrogens is 5. The van der Waals surface area contributed by atoms with Gasteiger partial charge in [0.05, 0.1) is 41.7 Å². The van der Waals surface area contributed by atoms with E-state index in [0.29, 0.717) is 65.3 Å². The first kappa shape index (κ1) is 21.4. The monoisotopic (exact) mass is 467 g/mol. The second-order valence-corrected chi connectivity index (χ2v) is 8.07. The highest BCUT2D eigenvalue weighted by atomic mass is 35.5. The Morgan fingerprint density at radius 2 is 2.15 bits per heavy atom. The largest absolute Gasteiger partial charge is 0.467 e. The Labute approximate surface area is 194 Å². The van der Waals surface area contributed by atoms with Gasteiger partial charge in [-0.2, -0.15) is 0 Å². The normalized spacial score (nSPS) is 15.0. The maximum Gasteiger partial charge on any atom is 0.260 e. The third kappa shape index (κ3) is 4.39. The zero-order valence-corrected chi connectivity index (χ0v) is 18.7. The number of imidazole rings is 1. The molecular formula is C22H22ClN7O3. The zero-order valence-electron chi connectivity index (χ0n) is 17.9. The molecule has 1 amide bonds. The van der Waals surface area contributed by atoms with Crippen LogP contribution in [0.1, 0.15) is 18.7 Å². The van der Waals surface area contributed by atoms with Gasteiger partial charge < -0.3 is 24.7 Å². The first-order valence-corrected chi connectivity index (χ1v) is 11.0. The van der Waals surface area contributed by atoms with Crippen LogP contribution in [0, 0.1) is 0 Å². The number of benzene rings is 1. The topological polar surface area (TPSA) is 118 Å². The minimum Gasteiger partial charge on any atom is -0.467 e. The van der Waals surface area contributed by atoms with E-state index in [4.69, 9.17) is 26.1 Å². The summed E-state index contributed by atoms with van der Waals surface area (Å²) in [6, 6.07) is 7.29. The number of halogens is 1. The molecule has 1 fully saturated rings. The molecule has 5 rings (SSSR count). The third-order valence-electron chi connectivity index (χ3n) is 5.50. The average molecular weight is 468 g/mol. The smallest absolute Gasteiger partial charge is 0.260 e. The van der Waals surface area contributed by atoms with E-state index in [-0.39, 0.29) is 18.6 Å². The van der Waals surface area contributed by atoms with Gasteiger partial charge in [0.15, 0.2) is 18.1 Å². The van der Waals surface area contributed by atoms with Crippen molar-refractivity contribution in [1.29, 1.82) is 0 Å². The molecule has 2 N–H and O–H groups in total. The predicted octanol–water partition coefficient (Wildman–Crippen LogP) is 2.97. The number of H-pyrrole nitrogens is 1. The summed E-state index contributed by atoms with van der Waals surface area (Å²) < 4.78 is 11.2. The van der Waals surface area contributed by atoms with Crippen molar-refractivity contribution >= 4 is 45.3 Å². The van der Waals surface area contributed by atoms with Crippen molar-refractivity contribution < 1.29 is 14.3 Å². The van der Waals surface area contributed by atoms with Gasteiger partial charge in [-0.15, -0.1) is 0 Å². The Hall–Kier alpha value is -3.50. The number of ether oxygens (including phenoxy) is 2. The number of anilines is 1. The van der Waals surface area contributed by atoms with E-state index in [1.807, 2.05) is 25.1 Å².